The van der Waals surface area contributed by atoms with Crippen LogP contribution in [0, 0.1) is 23.5 Å². The van der Waals surface area contributed by atoms with Gasteiger partial charge in [-0.25, -0.2) is 13.5 Å². The van der Waals surface area contributed by atoms with Gasteiger partial charge in [0, 0.05) is 0 Å². The van der Waals surface area contributed by atoms with Crippen molar-refractivity contribution in [3.05, 3.63) is 46.7 Å². The number of nitrogens with zero attached hydrogens (tertiary/aromatic N) is 3. The summed E-state index contributed by atoms with van der Waals surface area (Å²) in [6.07, 6.45) is 4.89. The molecule has 0 spiro atoms. The Morgan fingerprint density at radius 1 is 1.29 bits per heavy atom. The molecule has 2 aromatic rings. The van der Waals surface area contributed by atoms with Crippen molar-refractivity contribution >= 4 is 11.9 Å². The van der Waals surface area contributed by atoms with E-state index < -0.39 is 17.7 Å². The number of rotatable bonds is 5. The van der Waals surface area contributed by atoms with Crippen LogP contribution in [0.2, 0.25) is 0 Å². The van der Waals surface area contributed by atoms with Crippen LogP contribution in [0.4, 0.5) is 14.6 Å². The van der Waals surface area contributed by atoms with Crippen molar-refractivity contribution in [3.63, 3.8) is 0 Å². The van der Waals surface area contributed by atoms with Gasteiger partial charge >= 0.3 is 0 Å². The van der Waals surface area contributed by atoms with Gasteiger partial charge in [0.25, 0.3) is 0 Å². The fraction of sp³-hybridized carbons (Fsp3) is 0.524. The van der Waals surface area contributed by atoms with Crippen LogP contribution in [0.25, 0.3) is 6.08 Å². The quantitative estimate of drug-likeness (QED) is 0.810. The molecule has 0 aliphatic heterocycles. The Balaban J connectivity index is 1.42. The Bertz CT molecular complexity index is 910. The molecule has 2 fully saturated rings. The molecule has 3 N–H and O–H groups in total. The highest BCUT2D eigenvalue weighted by Gasteiger charge is 2.38. The van der Waals surface area contributed by atoms with Crippen LogP contribution in [0.15, 0.2) is 23.8 Å². The van der Waals surface area contributed by atoms with Crippen molar-refractivity contribution in [1.82, 2.24) is 15.0 Å². The summed E-state index contributed by atoms with van der Waals surface area (Å²) in [6, 6.07) is 4.04. The van der Waals surface area contributed by atoms with Crippen LogP contribution in [0.5, 0.6) is 0 Å². The average Bonchev–Trinajstić information content (AvgIpc) is 3.19. The number of allylic oxidation sites excluding steroid dienone is 1. The van der Waals surface area contributed by atoms with Gasteiger partial charge in [-0.3, -0.25) is 0 Å². The number of hydrogen-bond acceptors (Lipinski definition) is 4. The SMILES string of the molecule is CC(=Cc1nnn(C2CC(C)CC2O)c1N)CC1CC1c1ccc(F)c(F)c1. The zero-order valence-corrected chi connectivity index (χ0v) is 16.1. The molecule has 150 valence electrons. The van der Waals surface area contributed by atoms with E-state index in [9.17, 15) is 13.9 Å². The average molecular weight is 388 g/mol. The first kappa shape index (κ1) is 19.1. The number of hydrogen-bond donors (Lipinski definition) is 2. The van der Waals surface area contributed by atoms with E-state index in [0.29, 0.717) is 23.3 Å². The van der Waals surface area contributed by atoms with E-state index in [1.54, 1.807) is 10.7 Å². The third-order valence-electron chi connectivity index (χ3n) is 6.07. The zero-order chi connectivity index (χ0) is 20.0. The van der Waals surface area contributed by atoms with Gasteiger partial charge in [-0.15, -0.1) is 5.10 Å². The number of nitrogen functional groups attached to an aromatic ring is 1. The lowest BCUT2D eigenvalue weighted by atomic mass is 10.0. The van der Waals surface area contributed by atoms with Crippen molar-refractivity contribution in [2.45, 2.75) is 57.6 Å². The van der Waals surface area contributed by atoms with Gasteiger partial charge in [-0.05, 0) is 74.1 Å². The smallest absolute Gasteiger partial charge is 0.159 e. The molecule has 5 atom stereocenters. The minimum absolute atomic E-state index is 0.119. The second-order valence-corrected chi connectivity index (χ2v) is 8.49. The van der Waals surface area contributed by atoms with Crippen molar-refractivity contribution < 1.29 is 13.9 Å². The van der Waals surface area contributed by atoms with Gasteiger partial charge in [0.1, 0.15) is 11.5 Å². The number of anilines is 1. The molecule has 4 rings (SSSR count). The lowest BCUT2D eigenvalue weighted by molar-refractivity contribution is 0.129. The van der Waals surface area contributed by atoms with E-state index in [-0.39, 0.29) is 12.0 Å². The standard InChI is InChI=1S/C21H26F2N4O/c1-11(5-14-9-15(14)13-3-4-16(22)17(23)10-13)6-18-21(24)27(26-25-18)19-7-12(2)8-20(19)28/h3-4,6,10,12,14-15,19-20,28H,5,7-9,24H2,1-2H3. The van der Waals surface area contributed by atoms with E-state index in [0.717, 1.165) is 36.8 Å². The Hall–Kier alpha value is -2.28. The maximum Gasteiger partial charge on any atom is 0.159 e. The highest BCUT2D eigenvalue weighted by atomic mass is 19.2. The first-order valence-electron chi connectivity index (χ1n) is 9.84. The van der Waals surface area contributed by atoms with E-state index in [1.807, 2.05) is 13.0 Å². The van der Waals surface area contributed by atoms with E-state index >= 15 is 0 Å². The second kappa shape index (κ2) is 7.28. The number of halogens is 2. The van der Waals surface area contributed by atoms with Gasteiger partial charge in [0.2, 0.25) is 0 Å². The van der Waals surface area contributed by atoms with Gasteiger partial charge in [-0.2, -0.15) is 0 Å². The lowest BCUT2D eigenvalue weighted by Gasteiger charge is -2.15. The summed E-state index contributed by atoms with van der Waals surface area (Å²) < 4.78 is 28.2. The van der Waals surface area contributed by atoms with Crippen molar-refractivity contribution in [3.8, 4) is 0 Å². The summed E-state index contributed by atoms with van der Waals surface area (Å²) in [4.78, 5) is 0. The molecular weight excluding hydrogens is 362 g/mol. The molecule has 2 saturated carbocycles. The minimum Gasteiger partial charge on any atom is -0.391 e. The number of aliphatic hydroxyl groups is 1. The van der Waals surface area contributed by atoms with Gasteiger partial charge in [-0.1, -0.05) is 23.8 Å². The van der Waals surface area contributed by atoms with Crippen LogP contribution < -0.4 is 5.73 Å². The Kier molecular flexibility index (Phi) is 4.95. The van der Waals surface area contributed by atoms with Crippen molar-refractivity contribution in [2.24, 2.45) is 11.8 Å². The topological polar surface area (TPSA) is 77.0 Å². The van der Waals surface area contributed by atoms with Gasteiger partial charge in [0.15, 0.2) is 11.6 Å². The zero-order valence-electron chi connectivity index (χ0n) is 16.1. The molecule has 28 heavy (non-hydrogen) atoms. The first-order chi connectivity index (χ1) is 13.3. The summed E-state index contributed by atoms with van der Waals surface area (Å²) in [5, 5.41) is 18.6. The molecule has 2 aliphatic rings. The molecule has 1 aromatic carbocycles. The molecule has 7 heteroatoms. The summed E-state index contributed by atoms with van der Waals surface area (Å²) in [5.74, 6) is -0.00468. The van der Waals surface area contributed by atoms with Crippen LogP contribution >= 0.6 is 0 Å². The maximum absolute atomic E-state index is 13.4. The summed E-state index contributed by atoms with van der Waals surface area (Å²) in [5.41, 5.74) is 8.83. The fourth-order valence-electron chi connectivity index (χ4n) is 4.49. The van der Waals surface area contributed by atoms with Crippen LogP contribution in [0.3, 0.4) is 0 Å². The highest BCUT2D eigenvalue weighted by molar-refractivity contribution is 5.59. The Labute approximate surface area is 163 Å². The molecule has 1 heterocycles. The van der Waals surface area contributed by atoms with Crippen molar-refractivity contribution in [1.29, 1.82) is 0 Å². The maximum atomic E-state index is 13.4. The third kappa shape index (κ3) is 3.68. The van der Waals surface area contributed by atoms with Gasteiger partial charge in [0.05, 0.1) is 12.1 Å². The lowest BCUT2D eigenvalue weighted by Crippen LogP contribution is -2.21. The molecule has 0 amide bonds. The number of aromatic nitrogens is 3. The monoisotopic (exact) mass is 388 g/mol. The van der Waals surface area contributed by atoms with E-state index in [2.05, 4.69) is 17.2 Å². The van der Waals surface area contributed by atoms with Crippen molar-refractivity contribution in [2.75, 3.05) is 5.73 Å². The van der Waals surface area contributed by atoms with Crippen LogP contribution in [-0.4, -0.2) is 26.2 Å². The number of aliphatic hydroxyl groups excluding tert-OH is 1. The van der Waals surface area contributed by atoms with Crippen LogP contribution in [0.1, 0.15) is 62.7 Å². The van der Waals surface area contributed by atoms with E-state index in [1.165, 1.54) is 12.1 Å². The summed E-state index contributed by atoms with van der Waals surface area (Å²) in [7, 11) is 0. The molecule has 0 bridgehead atoms. The summed E-state index contributed by atoms with van der Waals surface area (Å²) >= 11 is 0. The summed E-state index contributed by atoms with van der Waals surface area (Å²) in [6.45, 7) is 4.13. The van der Waals surface area contributed by atoms with Gasteiger partial charge < -0.3 is 10.8 Å². The molecule has 1 aromatic heterocycles. The van der Waals surface area contributed by atoms with Crippen LogP contribution in [-0.2, 0) is 0 Å². The molecule has 5 unspecified atom stereocenters. The second-order valence-electron chi connectivity index (χ2n) is 8.49. The Morgan fingerprint density at radius 2 is 2.07 bits per heavy atom. The number of nitrogens with two attached hydrogens (primary N) is 1. The number of benzene rings is 1. The minimum atomic E-state index is -0.808. The molecule has 0 saturated heterocycles. The third-order valence-corrected chi connectivity index (χ3v) is 6.07. The predicted molar refractivity (Wildman–Crippen MR) is 103 cm³/mol. The first-order valence-corrected chi connectivity index (χ1v) is 9.84. The fourth-order valence-corrected chi connectivity index (χ4v) is 4.49. The molecular formula is C21H26F2N4O. The predicted octanol–water partition coefficient (Wildman–Crippen LogP) is 4.07. The highest BCUT2D eigenvalue weighted by Crippen LogP contribution is 2.51. The van der Waals surface area contributed by atoms with E-state index in [4.69, 9.17) is 5.73 Å². The molecule has 5 nitrogen and oxygen atoms in total. The normalized spacial score (nSPS) is 30.0. The Morgan fingerprint density at radius 3 is 2.75 bits per heavy atom. The molecule has 0 radical (unpaired) electrons. The molecule has 2 aliphatic carbocycles. The largest absolute Gasteiger partial charge is 0.391 e.